The zero-order chi connectivity index (χ0) is 34.1. The average molecular weight is 637 g/mol. The van der Waals surface area contributed by atoms with Crippen LogP contribution in [-0.2, 0) is 9.53 Å². The highest BCUT2D eigenvalue weighted by atomic mass is 16.5. The van der Waals surface area contributed by atoms with Gasteiger partial charge >= 0.3 is 5.97 Å². The van der Waals surface area contributed by atoms with Crippen molar-refractivity contribution in [3.8, 4) is 16.9 Å². The maximum Gasteiger partial charge on any atom is 0.308 e. The number of esters is 1. The topological polar surface area (TPSA) is 89.6 Å². The monoisotopic (exact) mass is 636 g/mol. The molecule has 1 aliphatic heterocycles. The summed E-state index contributed by atoms with van der Waals surface area (Å²) in [6, 6.07) is 20.3. The highest BCUT2D eigenvalue weighted by Gasteiger charge is 2.28. The summed E-state index contributed by atoms with van der Waals surface area (Å²) >= 11 is 0. The van der Waals surface area contributed by atoms with E-state index in [2.05, 4.69) is 69.9 Å². The Hall–Kier alpha value is -4.10. The van der Waals surface area contributed by atoms with Crippen molar-refractivity contribution >= 4 is 12.0 Å². The maximum atomic E-state index is 11.2. The first kappa shape index (κ1) is 35.7. The smallest absolute Gasteiger partial charge is 0.308 e. The highest BCUT2D eigenvalue weighted by Crippen LogP contribution is 2.32. The lowest BCUT2D eigenvalue weighted by Gasteiger charge is -2.25. The Morgan fingerprint density at radius 3 is 2.36 bits per heavy atom. The Labute approximate surface area is 280 Å². The van der Waals surface area contributed by atoms with Gasteiger partial charge in [0.2, 0.25) is 0 Å². The minimum atomic E-state index is -0.291. The summed E-state index contributed by atoms with van der Waals surface area (Å²) in [4.78, 5) is 20.3. The number of carbonyl (C=O) groups is 1. The molecular formula is C40H52N4O3. The maximum absolute atomic E-state index is 11.2. The fourth-order valence-corrected chi connectivity index (χ4v) is 6.61. The van der Waals surface area contributed by atoms with Gasteiger partial charge in [0.25, 0.3) is 0 Å². The number of nitrogens with zero attached hydrogens (tertiary/aromatic N) is 4. The number of hydrogen-bond donors (Lipinski definition) is 1. The van der Waals surface area contributed by atoms with Crippen LogP contribution in [0, 0.1) is 25.7 Å². The van der Waals surface area contributed by atoms with Crippen molar-refractivity contribution in [2.24, 2.45) is 16.8 Å². The van der Waals surface area contributed by atoms with Crippen molar-refractivity contribution in [2.45, 2.75) is 98.6 Å². The molecule has 2 aromatic heterocycles. The summed E-state index contributed by atoms with van der Waals surface area (Å²) in [5.41, 5.74) is 7.70. The summed E-state index contributed by atoms with van der Waals surface area (Å²) in [6.45, 7) is 14.9. The fourth-order valence-electron chi connectivity index (χ4n) is 6.61. The van der Waals surface area contributed by atoms with Crippen LogP contribution in [0.3, 0.4) is 0 Å². The van der Waals surface area contributed by atoms with Crippen molar-refractivity contribution in [1.29, 1.82) is 0 Å². The standard InChI is InChI=1S/C22H24N4.C9H16O2.C9H12O/c1-13(2)21-16(5)26(20-10-7-11-23-15(20)4)25-22(21)17-8-6-9-19-18(17)12-14(3)24-19;1-7-5-3-4-6-8(7)9(10)11-2;1-2-9(10)8-6-4-3-5-7-8/h6-14H,1-5H3;7-8H,3-6H2,1-2H3;3-7,9-10H,2H2,1H3/t;7-,8?;/m.1./s1. The molecule has 1 saturated carbocycles. The number of aryl methyl sites for hydroxylation is 1. The number of fused-ring (bicyclic) bond motifs is 1. The molecule has 1 N–H and O–H groups in total. The van der Waals surface area contributed by atoms with E-state index in [9.17, 15) is 9.90 Å². The normalized spacial score (nSPS) is 18.8. The zero-order valence-electron chi connectivity index (χ0n) is 29.4. The van der Waals surface area contributed by atoms with Gasteiger partial charge in [0, 0.05) is 28.2 Å². The fraction of sp³-hybridized carbons (Fsp3) is 0.450. The molecule has 0 spiro atoms. The molecule has 47 heavy (non-hydrogen) atoms. The largest absolute Gasteiger partial charge is 0.469 e. The summed E-state index contributed by atoms with van der Waals surface area (Å²) < 4.78 is 6.76. The van der Waals surface area contributed by atoms with E-state index >= 15 is 0 Å². The number of carbonyl (C=O) groups excluding carboxylic acids is 1. The van der Waals surface area contributed by atoms with Crippen LogP contribution in [0.15, 0.2) is 71.9 Å². The predicted octanol–water partition coefficient (Wildman–Crippen LogP) is 7.59. The molecule has 2 aromatic carbocycles. The van der Waals surface area contributed by atoms with Crippen LogP contribution in [-0.4, -0.2) is 39.0 Å². The van der Waals surface area contributed by atoms with Gasteiger partial charge in [-0.3, -0.25) is 14.8 Å². The lowest BCUT2D eigenvalue weighted by Crippen LogP contribution is -2.26. The molecule has 1 aliphatic carbocycles. The first-order chi connectivity index (χ1) is 22.6. The van der Waals surface area contributed by atoms with Crippen LogP contribution in [0.1, 0.15) is 101 Å². The molecule has 3 unspecified atom stereocenters. The van der Waals surface area contributed by atoms with Crippen LogP contribution in [0.4, 0.5) is 0 Å². The van der Waals surface area contributed by atoms with Crippen molar-refractivity contribution in [2.75, 3.05) is 7.11 Å². The number of methoxy groups -OCH3 is 1. The molecule has 0 saturated heterocycles. The Morgan fingerprint density at radius 2 is 1.72 bits per heavy atom. The predicted molar refractivity (Wildman–Crippen MR) is 190 cm³/mol. The van der Waals surface area contributed by atoms with E-state index in [0.29, 0.717) is 11.8 Å². The van der Waals surface area contributed by atoms with E-state index in [0.717, 1.165) is 40.8 Å². The molecule has 6 rings (SSSR count). The van der Waals surface area contributed by atoms with Gasteiger partial charge in [-0.05, 0) is 75.6 Å². The van der Waals surface area contributed by atoms with E-state index in [4.69, 9.17) is 14.8 Å². The minimum Gasteiger partial charge on any atom is -0.469 e. The number of hydrogen-bond acceptors (Lipinski definition) is 6. The molecular weight excluding hydrogens is 584 g/mol. The molecule has 0 amide bonds. The third-order valence-corrected chi connectivity index (χ3v) is 9.22. The molecule has 2 aliphatic rings. The van der Waals surface area contributed by atoms with Crippen molar-refractivity contribution < 1.29 is 14.6 Å². The average Bonchev–Trinajstić information content (AvgIpc) is 3.64. The van der Waals surface area contributed by atoms with Gasteiger partial charge in [-0.25, -0.2) is 4.68 Å². The second-order valence-corrected chi connectivity index (χ2v) is 13.0. The minimum absolute atomic E-state index is 0.0165. The van der Waals surface area contributed by atoms with Gasteiger partial charge in [-0.1, -0.05) is 89.1 Å². The molecule has 4 atom stereocenters. The quantitative estimate of drug-likeness (QED) is 0.220. The summed E-state index contributed by atoms with van der Waals surface area (Å²) in [7, 11) is 1.48. The first-order valence-corrected chi connectivity index (χ1v) is 17.1. The second-order valence-electron chi connectivity index (χ2n) is 13.0. The van der Waals surface area contributed by atoms with Crippen molar-refractivity contribution in [3.63, 3.8) is 0 Å². The lowest BCUT2D eigenvalue weighted by atomic mass is 9.80. The van der Waals surface area contributed by atoms with Crippen molar-refractivity contribution in [3.05, 3.63) is 100.0 Å². The van der Waals surface area contributed by atoms with Crippen LogP contribution < -0.4 is 10.6 Å². The van der Waals surface area contributed by atoms with Gasteiger partial charge in [-0.15, -0.1) is 0 Å². The molecule has 7 heteroatoms. The SMILES string of the molecule is CCC(O)c1ccccc1.COC(=O)C1CCCC[C@H]1C.Cc1ncccc1-n1nc(-c2cccc3c2=CC(C)N=3)c(C(C)C)c1C. The third-order valence-electron chi connectivity index (χ3n) is 9.22. The third kappa shape index (κ3) is 8.63. The van der Waals surface area contributed by atoms with Gasteiger partial charge in [-0.2, -0.15) is 5.10 Å². The molecule has 7 nitrogen and oxygen atoms in total. The van der Waals surface area contributed by atoms with E-state index in [1.54, 1.807) is 0 Å². The van der Waals surface area contributed by atoms with E-state index in [1.807, 2.05) is 61.1 Å². The number of aliphatic hydroxyl groups is 1. The van der Waals surface area contributed by atoms with Gasteiger partial charge < -0.3 is 9.84 Å². The summed E-state index contributed by atoms with van der Waals surface area (Å²) in [6.07, 6.45) is 9.21. The Balaban J connectivity index is 0.000000196. The van der Waals surface area contributed by atoms with E-state index < -0.39 is 0 Å². The van der Waals surface area contributed by atoms with E-state index in [-0.39, 0.29) is 24.0 Å². The van der Waals surface area contributed by atoms with E-state index in [1.165, 1.54) is 48.4 Å². The zero-order valence-corrected chi connectivity index (χ0v) is 29.4. The van der Waals surface area contributed by atoms with Gasteiger partial charge in [0.1, 0.15) is 0 Å². The Morgan fingerprint density at radius 1 is 1.00 bits per heavy atom. The molecule has 0 bridgehead atoms. The van der Waals surface area contributed by atoms with Crippen LogP contribution in [0.2, 0.25) is 0 Å². The Kier molecular flexibility index (Phi) is 12.7. The summed E-state index contributed by atoms with van der Waals surface area (Å²) in [5.74, 6) is 1.06. The molecule has 3 heterocycles. The molecule has 0 radical (unpaired) electrons. The van der Waals surface area contributed by atoms with Gasteiger partial charge in [0.05, 0.1) is 47.6 Å². The molecule has 4 aromatic rings. The molecule has 1 fully saturated rings. The second kappa shape index (κ2) is 16.6. The van der Waals surface area contributed by atoms with Crippen molar-refractivity contribution in [1.82, 2.24) is 14.8 Å². The number of pyridine rings is 1. The number of aromatic nitrogens is 3. The number of benzene rings is 2. The van der Waals surface area contributed by atoms with Crippen LogP contribution in [0.25, 0.3) is 23.0 Å². The first-order valence-electron chi connectivity index (χ1n) is 17.1. The number of rotatable bonds is 6. The highest BCUT2D eigenvalue weighted by molar-refractivity contribution is 5.72. The van der Waals surface area contributed by atoms with Crippen LogP contribution >= 0.6 is 0 Å². The lowest BCUT2D eigenvalue weighted by molar-refractivity contribution is -0.148. The number of aliphatic hydroxyl groups excluding tert-OH is 1. The molecule has 250 valence electrons. The van der Waals surface area contributed by atoms with Gasteiger partial charge in [0.15, 0.2) is 0 Å². The Bertz CT molecular complexity index is 1750. The summed E-state index contributed by atoms with van der Waals surface area (Å²) in [5, 5.41) is 16.6. The van der Waals surface area contributed by atoms with Crippen LogP contribution in [0.5, 0.6) is 0 Å². The number of ether oxygens (including phenoxy) is 1.